The minimum atomic E-state index is 0.286. The van der Waals surface area contributed by atoms with E-state index in [1.54, 1.807) is 13.2 Å². The first-order valence-corrected chi connectivity index (χ1v) is 5.91. The van der Waals surface area contributed by atoms with Crippen LogP contribution in [0.1, 0.15) is 16.7 Å². The number of ether oxygens (including phenoxy) is 1. The number of nitrogens with two attached hydrogens (primary N) is 1. The Hall–Kier alpha value is -1.68. The van der Waals surface area contributed by atoms with Gasteiger partial charge < -0.3 is 15.0 Å². The number of rotatable bonds is 2. The molecule has 0 radical (unpaired) electrons. The Morgan fingerprint density at radius 3 is 2.39 bits per heavy atom. The molecule has 0 amide bonds. The lowest BCUT2D eigenvalue weighted by Crippen LogP contribution is -1.98. The largest absolute Gasteiger partial charge is 0.495 e. The topological polar surface area (TPSA) is 61.3 Å². The summed E-state index contributed by atoms with van der Waals surface area (Å²) in [6.07, 6.45) is 0. The van der Waals surface area contributed by atoms with Gasteiger partial charge in [-0.2, -0.15) is 0 Å². The molecule has 0 aliphatic rings. The zero-order valence-corrected chi connectivity index (χ0v) is 11.6. The highest BCUT2D eigenvalue weighted by Gasteiger charge is 2.19. The molecule has 18 heavy (non-hydrogen) atoms. The summed E-state index contributed by atoms with van der Waals surface area (Å²) in [4.78, 5) is 0. The Kier molecular flexibility index (Phi) is 3.22. The smallest absolute Gasteiger partial charge is 0.222 e. The van der Waals surface area contributed by atoms with Crippen LogP contribution >= 0.6 is 11.6 Å². The van der Waals surface area contributed by atoms with Crippen LogP contribution < -0.4 is 10.5 Å². The third-order valence-corrected chi connectivity index (χ3v) is 3.63. The molecule has 4 nitrogen and oxygen atoms in total. The number of methoxy groups -OCH3 is 1. The summed E-state index contributed by atoms with van der Waals surface area (Å²) >= 11 is 6.32. The van der Waals surface area contributed by atoms with E-state index in [0.717, 1.165) is 22.3 Å². The van der Waals surface area contributed by atoms with Crippen molar-refractivity contribution in [2.75, 3.05) is 12.8 Å². The van der Waals surface area contributed by atoms with Crippen LogP contribution in [0.15, 0.2) is 10.6 Å². The molecule has 0 bridgehead atoms. The maximum absolute atomic E-state index is 6.32. The molecule has 0 aliphatic heterocycles. The fraction of sp³-hybridized carbons (Fsp3) is 0.308. The zero-order chi connectivity index (χ0) is 13.4. The van der Waals surface area contributed by atoms with E-state index in [1.165, 1.54) is 0 Å². The number of nitrogens with zero attached hydrogens (tertiary/aromatic N) is 1. The lowest BCUT2D eigenvalue weighted by Gasteiger charge is -2.16. The van der Waals surface area contributed by atoms with Crippen molar-refractivity contribution in [3.8, 4) is 17.0 Å². The highest BCUT2D eigenvalue weighted by Crippen LogP contribution is 2.41. The van der Waals surface area contributed by atoms with Gasteiger partial charge in [0.05, 0.1) is 12.1 Å². The monoisotopic (exact) mass is 266 g/mol. The number of hydrogen-bond donors (Lipinski definition) is 1. The number of nitrogen functional groups attached to an aromatic ring is 1. The zero-order valence-electron chi connectivity index (χ0n) is 10.8. The summed E-state index contributed by atoms with van der Waals surface area (Å²) in [6.45, 7) is 5.89. The van der Waals surface area contributed by atoms with Crippen molar-refractivity contribution < 1.29 is 9.26 Å². The number of benzene rings is 1. The lowest BCUT2D eigenvalue weighted by molar-refractivity contribution is 0.411. The van der Waals surface area contributed by atoms with E-state index < -0.39 is 0 Å². The Morgan fingerprint density at radius 2 is 1.89 bits per heavy atom. The molecule has 0 unspecified atom stereocenters. The molecule has 96 valence electrons. The summed E-state index contributed by atoms with van der Waals surface area (Å²) in [6, 6.07) is 1.69. The van der Waals surface area contributed by atoms with Crippen molar-refractivity contribution in [2.45, 2.75) is 20.8 Å². The predicted octanol–water partition coefficient (Wildman–Crippen LogP) is 3.51. The van der Waals surface area contributed by atoms with E-state index >= 15 is 0 Å². The molecule has 0 atom stereocenters. The first kappa shape index (κ1) is 12.8. The van der Waals surface area contributed by atoms with Gasteiger partial charge in [-0.25, -0.2) is 0 Å². The predicted molar refractivity (Wildman–Crippen MR) is 72.1 cm³/mol. The van der Waals surface area contributed by atoms with Gasteiger partial charge in [0.15, 0.2) is 0 Å². The Morgan fingerprint density at radius 1 is 1.22 bits per heavy atom. The van der Waals surface area contributed by atoms with Gasteiger partial charge in [-0.1, -0.05) is 16.8 Å². The molecule has 0 fully saturated rings. The van der Waals surface area contributed by atoms with E-state index in [-0.39, 0.29) is 5.88 Å². The van der Waals surface area contributed by atoms with Gasteiger partial charge in [-0.15, -0.1) is 0 Å². The third kappa shape index (κ3) is 1.82. The van der Waals surface area contributed by atoms with Crippen LogP contribution in [0.25, 0.3) is 11.3 Å². The standard InChI is InChI=1S/C13H15ClN2O2/c1-6-7(2)13(17-4)12(14)8(3)11(6)9-5-10(15)18-16-9/h5H,15H2,1-4H3. The number of hydrogen-bond acceptors (Lipinski definition) is 4. The number of aromatic nitrogens is 1. The van der Waals surface area contributed by atoms with Crippen molar-refractivity contribution in [3.05, 3.63) is 27.8 Å². The highest BCUT2D eigenvalue weighted by molar-refractivity contribution is 6.33. The molecule has 2 N–H and O–H groups in total. The van der Waals surface area contributed by atoms with Crippen molar-refractivity contribution in [3.63, 3.8) is 0 Å². The molecular weight excluding hydrogens is 252 g/mol. The first-order valence-electron chi connectivity index (χ1n) is 5.53. The van der Waals surface area contributed by atoms with Gasteiger partial charge in [0.25, 0.3) is 0 Å². The van der Waals surface area contributed by atoms with Gasteiger partial charge in [0, 0.05) is 11.6 Å². The molecule has 1 heterocycles. The van der Waals surface area contributed by atoms with Gasteiger partial charge in [-0.05, 0) is 37.5 Å². The van der Waals surface area contributed by atoms with Gasteiger partial charge in [0.2, 0.25) is 5.88 Å². The van der Waals surface area contributed by atoms with Crippen molar-refractivity contribution >= 4 is 17.5 Å². The second-order valence-electron chi connectivity index (χ2n) is 4.21. The third-order valence-electron chi connectivity index (χ3n) is 3.17. The average Bonchev–Trinajstić information content (AvgIpc) is 2.74. The van der Waals surface area contributed by atoms with Crippen LogP contribution in [0.5, 0.6) is 5.75 Å². The van der Waals surface area contributed by atoms with Crippen LogP contribution in [0, 0.1) is 20.8 Å². The molecule has 0 spiro atoms. The van der Waals surface area contributed by atoms with Crippen LogP contribution in [0.2, 0.25) is 5.02 Å². The number of anilines is 1. The summed E-state index contributed by atoms with van der Waals surface area (Å²) in [7, 11) is 1.61. The molecule has 1 aromatic carbocycles. The molecule has 2 aromatic rings. The fourth-order valence-electron chi connectivity index (χ4n) is 2.12. The minimum absolute atomic E-state index is 0.286. The van der Waals surface area contributed by atoms with Crippen LogP contribution in [-0.2, 0) is 0 Å². The average molecular weight is 267 g/mol. The molecule has 0 saturated heterocycles. The Balaban J connectivity index is 2.76. The summed E-state index contributed by atoms with van der Waals surface area (Å²) in [5.74, 6) is 0.986. The SMILES string of the molecule is COc1c(C)c(C)c(-c2cc(N)on2)c(C)c1Cl. The maximum atomic E-state index is 6.32. The molecule has 0 saturated carbocycles. The highest BCUT2D eigenvalue weighted by atomic mass is 35.5. The van der Waals surface area contributed by atoms with Crippen LogP contribution in [-0.4, -0.2) is 12.3 Å². The summed E-state index contributed by atoms with van der Waals surface area (Å²) < 4.78 is 10.3. The van der Waals surface area contributed by atoms with E-state index in [1.807, 2.05) is 20.8 Å². The summed E-state index contributed by atoms with van der Waals surface area (Å²) in [5.41, 5.74) is 10.1. The molecule has 2 rings (SSSR count). The second-order valence-corrected chi connectivity index (χ2v) is 4.59. The molecular formula is C13H15ClN2O2. The Bertz CT molecular complexity index is 576. The maximum Gasteiger partial charge on any atom is 0.222 e. The molecule has 0 aliphatic carbocycles. The first-order chi connectivity index (χ1) is 8.47. The second kappa shape index (κ2) is 4.53. The van der Waals surface area contributed by atoms with E-state index in [2.05, 4.69) is 5.16 Å². The van der Waals surface area contributed by atoms with Crippen molar-refractivity contribution in [1.29, 1.82) is 0 Å². The molecule has 1 aromatic heterocycles. The minimum Gasteiger partial charge on any atom is -0.495 e. The van der Waals surface area contributed by atoms with E-state index in [0.29, 0.717) is 16.5 Å². The van der Waals surface area contributed by atoms with Gasteiger partial charge >= 0.3 is 0 Å². The van der Waals surface area contributed by atoms with E-state index in [4.69, 9.17) is 26.6 Å². The van der Waals surface area contributed by atoms with Crippen LogP contribution in [0.3, 0.4) is 0 Å². The van der Waals surface area contributed by atoms with E-state index in [9.17, 15) is 0 Å². The van der Waals surface area contributed by atoms with Crippen molar-refractivity contribution in [1.82, 2.24) is 5.16 Å². The van der Waals surface area contributed by atoms with Gasteiger partial charge in [0.1, 0.15) is 11.4 Å². The number of halogens is 1. The van der Waals surface area contributed by atoms with Crippen LogP contribution in [0.4, 0.5) is 5.88 Å². The normalized spacial score (nSPS) is 10.7. The summed E-state index contributed by atoms with van der Waals surface area (Å²) in [5, 5.41) is 4.54. The quantitative estimate of drug-likeness (QED) is 0.903. The van der Waals surface area contributed by atoms with Gasteiger partial charge in [-0.3, -0.25) is 0 Å². The fourth-order valence-corrected chi connectivity index (χ4v) is 2.43. The van der Waals surface area contributed by atoms with Crippen molar-refractivity contribution in [2.24, 2.45) is 0 Å². The Labute approximate surface area is 111 Å². The molecule has 5 heteroatoms. The lowest BCUT2D eigenvalue weighted by atomic mass is 9.95.